The van der Waals surface area contributed by atoms with Crippen molar-refractivity contribution in [1.29, 1.82) is 0 Å². The van der Waals surface area contributed by atoms with Gasteiger partial charge in [-0.1, -0.05) is 42.5 Å². The van der Waals surface area contributed by atoms with Gasteiger partial charge in [0.05, 0.1) is 4.92 Å². The number of carboxylic acids is 2. The van der Waals surface area contributed by atoms with Crippen molar-refractivity contribution in [2.75, 3.05) is 37.6 Å². The van der Waals surface area contributed by atoms with Crippen LogP contribution in [0.3, 0.4) is 0 Å². The van der Waals surface area contributed by atoms with E-state index in [0.717, 1.165) is 4.57 Å². The van der Waals surface area contributed by atoms with Gasteiger partial charge < -0.3 is 15.1 Å². The van der Waals surface area contributed by atoms with E-state index in [-0.39, 0.29) is 22.7 Å². The molecule has 1 saturated heterocycles. The number of carboxylic acid groups (broad SMARTS) is 2. The monoisotopic (exact) mass is 567 g/mol. The minimum atomic E-state index is -1.82. The van der Waals surface area contributed by atoms with Crippen LogP contribution in [-0.2, 0) is 30.1 Å². The molecule has 1 aromatic heterocycles. The lowest BCUT2D eigenvalue weighted by Gasteiger charge is -2.36. The maximum atomic E-state index is 12.7. The fourth-order valence-corrected chi connectivity index (χ4v) is 4.35. The van der Waals surface area contributed by atoms with E-state index in [4.69, 9.17) is 19.8 Å². The third kappa shape index (κ3) is 7.51. The summed E-state index contributed by atoms with van der Waals surface area (Å²) in [6.07, 6.45) is 0.473. The molecule has 14 nitrogen and oxygen atoms in total. The zero-order chi connectivity index (χ0) is 30.3. The van der Waals surface area contributed by atoms with Crippen molar-refractivity contribution >= 4 is 29.2 Å². The highest BCUT2D eigenvalue weighted by atomic mass is 16.6. The SMILES string of the molecule is Cn1c(N2CCN(CCc3ccc(C(=O)c4ccccc4)cc3[N+](=O)[O-])CC2)cc(=O)n(C)c1=O.O=C(O)C(=O)O. The Labute approximate surface area is 233 Å². The van der Waals surface area contributed by atoms with Crippen molar-refractivity contribution in [3.8, 4) is 0 Å². The van der Waals surface area contributed by atoms with Crippen LogP contribution in [0.25, 0.3) is 0 Å². The van der Waals surface area contributed by atoms with Gasteiger partial charge in [-0.15, -0.1) is 0 Å². The zero-order valence-corrected chi connectivity index (χ0v) is 22.4. The summed E-state index contributed by atoms with van der Waals surface area (Å²) in [5, 5.41) is 26.5. The predicted octanol–water partition coefficient (Wildman–Crippen LogP) is 0.744. The van der Waals surface area contributed by atoms with Crippen molar-refractivity contribution in [1.82, 2.24) is 14.0 Å². The number of nitro groups is 1. The summed E-state index contributed by atoms with van der Waals surface area (Å²) in [6, 6.07) is 14.8. The maximum Gasteiger partial charge on any atom is 0.414 e. The largest absolute Gasteiger partial charge is 0.473 e. The number of hydrogen-bond acceptors (Lipinski definition) is 9. The third-order valence-electron chi connectivity index (χ3n) is 6.66. The van der Waals surface area contributed by atoms with Crippen LogP contribution in [0.1, 0.15) is 21.5 Å². The molecule has 0 spiro atoms. The van der Waals surface area contributed by atoms with E-state index in [0.29, 0.717) is 61.7 Å². The molecule has 0 atom stereocenters. The summed E-state index contributed by atoms with van der Waals surface area (Å²) >= 11 is 0. The molecule has 0 amide bonds. The molecular weight excluding hydrogens is 538 g/mol. The second-order valence-corrected chi connectivity index (χ2v) is 9.23. The van der Waals surface area contributed by atoms with E-state index in [2.05, 4.69) is 4.90 Å². The number of aromatic nitrogens is 2. The molecule has 1 aliphatic heterocycles. The van der Waals surface area contributed by atoms with Gasteiger partial charge in [-0.25, -0.2) is 14.4 Å². The summed E-state index contributed by atoms with van der Waals surface area (Å²) < 4.78 is 2.55. The number of nitrogens with zero attached hydrogens (tertiary/aromatic N) is 5. The van der Waals surface area contributed by atoms with Gasteiger partial charge in [-0.2, -0.15) is 0 Å². The molecule has 3 aromatic rings. The lowest BCUT2D eigenvalue weighted by atomic mass is 9.99. The molecule has 14 heteroatoms. The van der Waals surface area contributed by atoms with Crippen LogP contribution in [0.4, 0.5) is 11.5 Å². The summed E-state index contributed by atoms with van der Waals surface area (Å²) in [5.74, 6) is -3.31. The molecule has 0 radical (unpaired) electrons. The molecule has 0 aliphatic carbocycles. The molecular formula is C27H29N5O9. The lowest BCUT2D eigenvalue weighted by molar-refractivity contribution is -0.385. The second kappa shape index (κ2) is 13.3. The van der Waals surface area contributed by atoms with Crippen LogP contribution >= 0.6 is 0 Å². The number of benzene rings is 2. The maximum absolute atomic E-state index is 12.7. The van der Waals surface area contributed by atoms with E-state index in [1.54, 1.807) is 43.4 Å². The van der Waals surface area contributed by atoms with Crippen molar-refractivity contribution in [3.63, 3.8) is 0 Å². The number of anilines is 1. The number of hydrogen-bond donors (Lipinski definition) is 2. The van der Waals surface area contributed by atoms with Gasteiger partial charge in [0.25, 0.3) is 11.2 Å². The average Bonchev–Trinajstić information content (AvgIpc) is 2.97. The first-order valence-electron chi connectivity index (χ1n) is 12.5. The number of rotatable bonds is 7. The lowest BCUT2D eigenvalue weighted by Crippen LogP contribution is -2.49. The number of ketones is 1. The Kier molecular flexibility index (Phi) is 9.87. The molecule has 41 heavy (non-hydrogen) atoms. The first-order valence-corrected chi connectivity index (χ1v) is 12.5. The number of aliphatic carboxylic acids is 2. The highest BCUT2D eigenvalue weighted by Crippen LogP contribution is 2.23. The first-order chi connectivity index (χ1) is 19.4. The Morgan fingerprint density at radius 2 is 1.46 bits per heavy atom. The number of piperazine rings is 1. The van der Waals surface area contributed by atoms with E-state index in [1.807, 2.05) is 11.0 Å². The molecule has 2 N–H and O–H groups in total. The Hall–Kier alpha value is -5.11. The second-order valence-electron chi connectivity index (χ2n) is 9.23. The Bertz CT molecular complexity index is 1560. The average molecular weight is 568 g/mol. The predicted molar refractivity (Wildman–Crippen MR) is 148 cm³/mol. The molecule has 0 saturated carbocycles. The minimum Gasteiger partial charge on any atom is -0.473 e. The van der Waals surface area contributed by atoms with Gasteiger partial charge in [0.15, 0.2) is 5.78 Å². The van der Waals surface area contributed by atoms with Gasteiger partial charge >= 0.3 is 17.6 Å². The Morgan fingerprint density at radius 3 is 2.02 bits per heavy atom. The van der Waals surface area contributed by atoms with Crippen LogP contribution in [0.15, 0.2) is 64.2 Å². The first kappa shape index (κ1) is 30.4. The molecule has 1 fully saturated rings. The summed E-state index contributed by atoms with van der Waals surface area (Å²) in [7, 11) is 3.10. The Balaban J connectivity index is 0.000000696. The van der Waals surface area contributed by atoms with Crippen molar-refractivity contribution in [2.24, 2.45) is 14.1 Å². The molecule has 0 unspecified atom stereocenters. The van der Waals surface area contributed by atoms with Gasteiger partial charge in [-0.05, 0) is 6.42 Å². The summed E-state index contributed by atoms with van der Waals surface area (Å²) in [6.45, 7) is 3.28. The highest BCUT2D eigenvalue weighted by Gasteiger charge is 2.22. The van der Waals surface area contributed by atoms with E-state index in [9.17, 15) is 24.5 Å². The fourth-order valence-electron chi connectivity index (χ4n) is 4.35. The highest BCUT2D eigenvalue weighted by molar-refractivity contribution is 6.27. The number of carbonyl (C=O) groups is 3. The molecule has 1 aliphatic rings. The quantitative estimate of drug-likeness (QED) is 0.178. The standard InChI is InChI=1S/C25H27N5O5.C2H2O4/c1-26-22(17-23(31)27(2)25(26)33)29-14-12-28(13-15-29)11-10-18-8-9-20(16-21(18)30(34)35)24(32)19-6-4-3-5-7-19;3-1(4)2(5)6/h3-9,16-17H,10-15H2,1-2H3;(H,3,4)(H,5,6). The van der Waals surface area contributed by atoms with E-state index >= 15 is 0 Å². The van der Waals surface area contributed by atoms with Gasteiger partial charge in [0.2, 0.25) is 0 Å². The molecule has 4 rings (SSSR count). The van der Waals surface area contributed by atoms with E-state index in [1.165, 1.54) is 23.7 Å². The number of nitro benzene ring substituents is 1. The van der Waals surface area contributed by atoms with Gasteiger partial charge in [-0.3, -0.25) is 33.7 Å². The molecule has 216 valence electrons. The van der Waals surface area contributed by atoms with Crippen molar-refractivity contribution < 1.29 is 29.5 Å². The summed E-state index contributed by atoms with van der Waals surface area (Å²) in [5.41, 5.74) is 0.598. The fraction of sp³-hybridized carbons (Fsp3) is 0.296. The van der Waals surface area contributed by atoms with Gasteiger partial charge in [0, 0.05) is 75.6 Å². The van der Waals surface area contributed by atoms with Crippen LogP contribution in [0, 0.1) is 10.1 Å². The zero-order valence-electron chi connectivity index (χ0n) is 22.4. The smallest absolute Gasteiger partial charge is 0.414 e. The normalized spacial score (nSPS) is 13.2. The van der Waals surface area contributed by atoms with Gasteiger partial charge in [0.1, 0.15) is 5.82 Å². The topological polar surface area (TPSA) is 185 Å². The molecule has 0 bridgehead atoms. The van der Waals surface area contributed by atoms with Crippen LogP contribution in [-0.4, -0.2) is 79.6 Å². The molecule has 2 aromatic carbocycles. The number of carbonyl (C=O) groups excluding carboxylic acids is 1. The van der Waals surface area contributed by atoms with E-state index < -0.39 is 16.9 Å². The van der Waals surface area contributed by atoms with Crippen LogP contribution < -0.4 is 16.1 Å². The van der Waals surface area contributed by atoms with Crippen LogP contribution in [0.5, 0.6) is 0 Å². The van der Waals surface area contributed by atoms with Crippen molar-refractivity contribution in [2.45, 2.75) is 6.42 Å². The summed E-state index contributed by atoms with van der Waals surface area (Å²) in [4.78, 5) is 70.6. The van der Waals surface area contributed by atoms with Crippen LogP contribution in [0.2, 0.25) is 0 Å². The van der Waals surface area contributed by atoms with Crippen molar-refractivity contribution in [3.05, 3.63) is 102 Å². The molecule has 2 heterocycles. The minimum absolute atomic E-state index is 0.0550. The Morgan fingerprint density at radius 1 is 0.854 bits per heavy atom. The third-order valence-corrected chi connectivity index (χ3v) is 6.66.